The lowest BCUT2D eigenvalue weighted by Crippen LogP contribution is -2.49. The summed E-state index contributed by atoms with van der Waals surface area (Å²) in [5, 5.41) is 0. The molecule has 9 heteroatoms. The molecule has 0 aromatic heterocycles. The minimum Gasteiger partial charge on any atom is -0.369 e. The van der Waals surface area contributed by atoms with E-state index >= 15 is 0 Å². The molecule has 8 nitrogen and oxygen atoms in total. The number of nitrogens with zero attached hydrogens (tertiary/aromatic N) is 3. The maximum Gasteiger partial charge on any atom is 0.304 e. The van der Waals surface area contributed by atoms with E-state index in [-0.39, 0.29) is 24.3 Å². The van der Waals surface area contributed by atoms with E-state index in [4.69, 9.17) is 5.73 Å². The molecule has 1 fully saturated rings. The van der Waals surface area contributed by atoms with Crippen molar-refractivity contribution in [2.24, 2.45) is 11.7 Å². The number of nitrogens with two attached hydrogens (primary N) is 1. The van der Waals surface area contributed by atoms with Crippen molar-refractivity contribution in [3.63, 3.8) is 0 Å². The average Bonchev–Trinajstić information content (AvgIpc) is 2.61. The summed E-state index contributed by atoms with van der Waals surface area (Å²) in [6.07, 6.45) is 1.01. The lowest BCUT2D eigenvalue weighted by molar-refractivity contribution is -0.133. The molecule has 1 aromatic carbocycles. The van der Waals surface area contributed by atoms with E-state index in [9.17, 15) is 18.0 Å². The molecule has 1 heterocycles. The van der Waals surface area contributed by atoms with Crippen molar-refractivity contribution in [2.45, 2.75) is 26.7 Å². The van der Waals surface area contributed by atoms with Crippen molar-refractivity contribution in [1.29, 1.82) is 0 Å². The zero-order valence-corrected chi connectivity index (χ0v) is 17.1. The molecule has 0 bridgehead atoms. The Morgan fingerprint density at radius 1 is 1.19 bits per heavy atom. The van der Waals surface area contributed by atoms with Gasteiger partial charge in [-0.1, -0.05) is 12.1 Å². The fourth-order valence-corrected chi connectivity index (χ4v) is 4.23. The van der Waals surface area contributed by atoms with Crippen LogP contribution in [0.25, 0.3) is 0 Å². The number of rotatable bonds is 6. The number of benzene rings is 1. The first-order valence-electron chi connectivity index (χ1n) is 8.88. The fourth-order valence-electron chi connectivity index (χ4n) is 3.11. The van der Waals surface area contributed by atoms with E-state index in [2.05, 4.69) is 0 Å². The van der Waals surface area contributed by atoms with Gasteiger partial charge in [0.2, 0.25) is 11.8 Å². The maximum absolute atomic E-state index is 12.9. The van der Waals surface area contributed by atoms with Gasteiger partial charge in [0.15, 0.2) is 0 Å². The van der Waals surface area contributed by atoms with Gasteiger partial charge in [-0.15, -0.1) is 0 Å². The molecule has 0 saturated carbocycles. The maximum atomic E-state index is 12.9. The Morgan fingerprint density at radius 3 is 2.30 bits per heavy atom. The van der Waals surface area contributed by atoms with E-state index in [1.54, 1.807) is 11.0 Å². The van der Waals surface area contributed by atoms with Crippen molar-refractivity contribution in [3.05, 3.63) is 29.3 Å². The fraction of sp³-hybridized carbons (Fsp3) is 0.556. The van der Waals surface area contributed by atoms with Gasteiger partial charge in [0.25, 0.3) is 0 Å². The van der Waals surface area contributed by atoms with Gasteiger partial charge in [-0.3, -0.25) is 9.59 Å². The number of carbonyl (C=O) groups excluding carboxylic acids is 2. The van der Waals surface area contributed by atoms with Crippen LogP contribution in [0.5, 0.6) is 0 Å². The van der Waals surface area contributed by atoms with E-state index in [1.165, 1.54) is 14.1 Å². The van der Waals surface area contributed by atoms with Gasteiger partial charge in [-0.25, -0.2) is 4.31 Å². The number of primary amides is 1. The molecule has 0 radical (unpaired) electrons. The third-order valence-corrected chi connectivity index (χ3v) is 6.71. The summed E-state index contributed by atoms with van der Waals surface area (Å²) in [4.78, 5) is 25.7. The Balaban J connectivity index is 2.27. The van der Waals surface area contributed by atoms with Crippen molar-refractivity contribution < 1.29 is 18.0 Å². The first-order valence-corrected chi connectivity index (χ1v) is 10.3. The SMILES string of the molecule is Cc1ccc(C)c(N(CC(=O)N2CCC(C(N)=O)CC2)S(=O)(=O)N(C)C)c1. The van der Waals surface area contributed by atoms with Crippen LogP contribution in [0.4, 0.5) is 5.69 Å². The van der Waals surface area contributed by atoms with Crippen LogP contribution in [0, 0.1) is 19.8 Å². The van der Waals surface area contributed by atoms with Crippen molar-refractivity contribution >= 4 is 27.7 Å². The van der Waals surface area contributed by atoms with Gasteiger partial charge in [-0.05, 0) is 43.9 Å². The Morgan fingerprint density at radius 2 is 1.78 bits per heavy atom. The van der Waals surface area contributed by atoms with Gasteiger partial charge in [0.05, 0.1) is 5.69 Å². The number of aryl methyl sites for hydroxylation is 2. The van der Waals surface area contributed by atoms with Gasteiger partial charge < -0.3 is 10.6 Å². The normalized spacial score (nSPS) is 15.8. The lowest BCUT2D eigenvalue weighted by atomic mass is 9.96. The summed E-state index contributed by atoms with van der Waals surface area (Å²) >= 11 is 0. The summed E-state index contributed by atoms with van der Waals surface area (Å²) in [6.45, 7) is 4.20. The van der Waals surface area contributed by atoms with E-state index < -0.39 is 10.2 Å². The van der Waals surface area contributed by atoms with Crippen LogP contribution < -0.4 is 10.0 Å². The van der Waals surface area contributed by atoms with Crippen molar-refractivity contribution in [1.82, 2.24) is 9.21 Å². The number of hydrogen-bond donors (Lipinski definition) is 1. The molecule has 1 aliphatic heterocycles. The van der Waals surface area contributed by atoms with Crippen LogP contribution >= 0.6 is 0 Å². The molecule has 1 aliphatic rings. The highest BCUT2D eigenvalue weighted by atomic mass is 32.2. The Kier molecular flexibility index (Phi) is 6.48. The predicted octanol–water partition coefficient (Wildman–Crippen LogP) is 0.640. The third kappa shape index (κ3) is 4.78. The largest absolute Gasteiger partial charge is 0.369 e. The summed E-state index contributed by atoms with van der Waals surface area (Å²) < 4.78 is 28.0. The van der Waals surface area contributed by atoms with Crippen LogP contribution in [0.1, 0.15) is 24.0 Å². The van der Waals surface area contributed by atoms with Crippen LogP contribution in [0.2, 0.25) is 0 Å². The smallest absolute Gasteiger partial charge is 0.304 e. The average molecular weight is 397 g/mol. The molecule has 2 amide bonds. The summed E-state index contributed by atoms with van der Waals surface area (Å²) in [5.41, 5.74) is 7.50. The molecule has 0 spiro atoms. The zero-order valence-electron chi connectivity index (χ0n) is 16.3. The Bertz CT molecular complexity index is 815. The standard InChI is InChI=1S/C18H28N4O4S/c1-13-5-6-14(2)16(11-13)22(27(25,26)20(3)4)12-17(23)21-9-7-15(8-10-21)18(19)24/h5-6,11,15H,7-10,12H2,1-4H3,(H2,19,24). The number of amides is 2. The molecule has 27 heavy (non-hydrogen) atoms. The molecule has 2 rings (SSSR count). The van der Waals surface area contributed by atoms with Crippen LogP contribution in [-0.2, 0) is 19.8 Å². The number of hydrogen-bond acceptors (Lipinski definition) is 4. The van der Waals surface area contributed by atoms with Crippen LogP contribution in [-0.4, -0.2) is 63.2 Å². The summed E-state index contributed by atoms with van der Waals surface area (Å²) in [7, 11) is -0.963. The van der Waals surface area contributed by atoms with E-state index in [1.807, 2.05) is 26.0 Å². The van der Waals surface area contributed by atoms with E-state index in [0.717, 1.165) is 19.7 Å². The second kappa shape index (κ2) is 8.26. The number of carbonyl (C=O) groups is 2. The third-order valence-electron chi connectivity index (χ3n) is 4.90. The number of likely N-dealkylation sites (tertiary alicyclic amines) is 1. The van der Waals surface area contributed by atoms with Gasteiger partial charge in [0, 0.05) is 33.1 Å². The highest BCUT2D eigenvalue weighted by molar-refractivity contribution is 7.90. The van der Waals surface area contributed by atoms with Crippen LogP contribution in [0.3, 0.4) is 0 Å². The van der Waals surface area contributed by atoms with Crippen molar-refractivity contribution in [2.75, 3.05) is 38.0 Å². The Hall–Kier alpha value is -2.13. The number of piperidine rings is 1. The predicted molar refractivity (Wildman–Crippen MR) is 104 cm³/mol. The first-order chi connectivity index (χ1) is 12.5. The van der Waals surface area contributed by atoms with Crippen LogP contribution in [0.15, 0.2) is 18.2 Å². The lowest BCUT2D eigenvalue weighted by Gasteiger charge is -2.34. The summed E-state index contributed by atoms with van der Waals surface area (Å²) in [5.74, 6) is -0.867. The molecule has 0 aliphatic carbocycles. The van der Waals surface area contributed by atoms with E-state index in [0.29, 0.717) is 31.6 Å². The zero-order chi connectivity index (χ0) is 20.4. The second-order valence-corrected chi connectivity index (χ2v) is 9.21. The number of anilines is 1. The molecule has 1 aromatic rings. The highest BCUT2D eigenvalue weighted by Crippen LogP contribution is 2.26. The highest BCUT2D eigenvalue weighted by Gasteiger charge is 2.32. The minimum atomic E-state index is -3.84. The molecule has 150 valence electrons. The summed E-state index contributed by atoms with van der Waals surface area (Å²) in [6, 6.07) is 5.50. The Labute approximate surface area is 161 Å². The van der Waals surface area contributed by atoms with Gasteiger partial charge in [-0.2, -0.15) is 12.7 Å². The molecule has 0 unspecified atom stereocenters. The molecular formula is C18H28N4O4S. The molecular weight excluding hydrogens is 368 g/mol. The minimum absolute atomic E-state index is 0.227. The quantitative estimate of drug-likeness (QED) is 0.762. The topological polar surface area (TPSA) is 104 Å². The van der Waals surface area contributed by atoms with Gasteiger partial charge in [0.1, 0.15) is 6.54 Å². The van der Waals surface area contributed by atoms with Crippen molar-refractivity contribution in [3.8, 4) is 0 Å². The molecule has 0 atom stereocenters. The monoisotopic (exact) mass is 396 g/mol. The second-order valence-electron chi connectivity index (χ2n) is 7.14. The molecule has 2 N–H and O–H groups in total. The first kappa shape index (κ1) is 21.2. The van der Waals surface area contributed by atoms with Gasteiger partial charge >= 0.3 is 10.2 Å². The molecule has 1 saturated heterocycles.